The van der Waals surface area contributed by atoms with E-state index in [1.54, 1.807) is 4.72 Å². The highest BCUT2D eigenvalue weighted by molar-refractivity contribution is 7.90. The van der Waals surface area contributed by atoms with Gasteiger partial charge in [0.2, 0.25) is 0 Å². The number of anilines is 2. The number of amides is 1. The van der Waals surface area contributed by atoms with Crippen molar-refractivity contribution in [3.8, 4) is 0 Å². The van der Waals surface area contributed by atoms with Crippen molar-refractivity contribution in [3.63, 3.8) is 0 Å². The number of alkyl halides is 3. The fraction of sp³-hybridized carbons (Fsp3) is 0.250. The van der Waals surface area contributed by atoms with Crippen LogP contribution in [0.2, 0.25) is 0 Å². The highest BCUT2D eigenvalue weighted by Gasteiger charge is 2.36. The number of pyridine rings is 1. The Kier molecular flexibility index (Phi) is 6.90. The van der Waals surface area contributed by atoms with Crippen molar-refractivity contribution in [1.82, 2.24) is 9.71 Å². The van der Waals surface area contributed by atoms with Crippen LogP contribution in [-0.4, -0.2) is 45.5 Å². The van der Waals surface area contributed by atoms with E-state index in [1.807, 2.05) is 30.0 Å². The van der Waals surface area contributed by atoms with Crippen LogP contribution in [0.1, 0.15) is 21.5 Å². The molecule has 1 aliphatic heterocycles. The Bertz CT molecular complexity index is 1370. The summed E-state index contributed by atoms with van der Waals surface area (Å²) >= 11 is 0. The minimum atomic E-state index is -5.05. The number of sulfonamides is 1. The van der Waals surface area contributed by atoms with E-state index >= 15 is 0 Å². The summed E-state index contributed by atoms with van der Waals surface area (Å²) in [4.78, 5) is 20.4. The highest BCUT2D eigenvalue weighted by atomic mass is 32.2. The Morgan fingerprint density at radius 3 is 2.28 bits per heavy atom. The smallest absolute Gasteiger partial charge is 0.368 e. The topological polar surface area (TPSA) is 82.6 Å². The van der Waals surface area contributed by atoms with Crippen LogP contribution in [0.25, 0.3) is 0 Å². The fourth-order valence-electron chi connectivity index (χ4n) is 3.92. The van der Waals surface area contributed by atoms with Gasteiger partial charge < -0.3 is 9.80 Å². The number of hydrogen-bond donors (Lipinski definition) is 1. The van der Waals surface area contributed by atoms with Gasteiger partial charge in [0.05, 0.1) is 11.1 Å². The average Bonchev–Trinajstić information content (AvgIpc) is 2.83. The van der Waals surface area contributed by atoms with Gasteiger partial charge in [-0.3, -0.25) is 4.79 Å². The standard InChI is InChI=1S/C24H22F4N4O3S/c1-16-3-2-4-18(13-16)31-9-11-32(12-10-31)22-8-6-19(15-29-22)36(34,35)30-23(33)20-7-5-17(25)14-21(20)24(26,27)28/h2-8,13-15H,9-12H2,1H3,(H,30,33). The zero-order valence-corrected chi connectivity index (χ0v) is 19.9. The molecule has 1 aromatic heterocycles. The molecule has 0 radical (unpaired) electrons. The predicted octanol–water partition coefficient (Wildman–Crippen LogP) is 3.99. The molecule has 1 amide bonds. The zero-order chi connectivity index (χ0) is 26.1. The molecule has 0 unspecified atom stereocenters. The van der Waals surface area contributed by atoms with Crippen molar-refractivity contribution < 1.29 is 30.8 Å². The Morgan fingerprint density at radius 2 is 1.67 bits per heavy atom. The largest absolute Gasteiger partial charge is 0.417 e. The van der Waals surface area contributed by atoms with Gasteiger partial charge in [-0.2, -0.15) is 13.2 Å². The molecule has 4 rings (SSSR count). The lowest BCUT2D eigenvalue weighted by atomic mass is 10.1. The van der Waals surface area contributed by atoms with E-state index in [1.165, 1.54) is 12.1 Å². The minimum absolute atomic E-state index is 0.136. The number of carbonyl (C=O) groups excluding carboxylic acids is 1. The molecule has 1 N–H and O–H groups in total. The summed E-state index contributed by atoms with van der Waals surface area (Å²) in [7, 11) is -4.53. The van der Waals surface area contributed by atoms with Crippen LogP contribution in [0.15, 0.2) is 65.7 Å². The van der Waals surface area contributed by atoms with Crippen molar-refractivity contribution in [1.29, 1.82) is 0 Å². The molecule has 0 saturated carbocycles. The second-order valence-corrected chi connectivity index (χ2v) is 9.97. The van der Waals surface area contributed by atoms with Gasteiger partial charge in [0.1, 0.15) is 16.5 Å². The summed E-state index contributed by atoms with van der Waals surface area (Å²) < 4.78 is 79.7. The van der Waals surface area contributed by atoms with Gasteiger partial charge in [-0.25, -0.2) is 22.5 Å². The van der Waals surface area contributed by atoms with E-state index in [4.69, 9.17) is 0 Å². The van der Waals surface area contributed by atoms with Gasteiger partial charge in [0.25, 0.3) is 15.9 Å². The molecule has 0 aliphatic carbocycles. The summed E-state index contributed by atoms with van der Waals surface area (Å²) in [5.74, 6) is -2.21. The Balaban J connectivity index is 1.44. The molecule has 12 heteroatoms. The van der Waals surface area contributed by atoms with Gasteiger partial charge in [-0.1, -0.05) is 12.1 Å². The molecule has 7 nitrogen and oxygen atoms in total. The third kappa shape index (κ3) is 5.59. The van der Waals surface area contributed by atoms with Crippen LogP contribution in [0.3, 0.4) is 0 Å². The number of hydrogen-bond acceptors (Lipinski definition) is 6. The number of nitrogens with zero attached hydrogens (tertiary/aromatic N) is 3. The van der Waals surface area contributed by atoms with E-state index in [-0.39, 0.29) is 6.07 Å². The van der Waals surface area contributed by atoms with Gasteiger partial charge in [0, 0.05) is 38.1 Å². The maximum atomic E-state index is 13.3. The molecule has 2 heterocycles. The Labute approximate surface area is 205 Å². The first-order chi connectivity index (χ1) is 16.9. The second-order valence-electron chi connectivity index (χ2n) is 8.29. The van der Waals surface area contributed by atoms with E-state index in [2.05, 4.69) is 16.0 Å². The number of halogens is 4. The molecule has 36 heavy (non-hydrogen) atoms. The van der Waals surface area contributed by atoms with Gasteiger partial charge in [-0.15, -0.1) is 0 Å². The Hall–Kier alpha value is -3.67. The number of carbonyl (C=O) groups is 1. The maximum absolute atomic E-state index is 13.3. The van der Waals surface area contributed by atoms with Gasteiger partial charge >= 0.3 is 6.18 Å². The molecule has 1 aliphatic rings. The van der Waals surface area contributed by atoms with Crippen LogP contribution in [0, 0.1) is 12.7 Å². The van der Waals surface area contributed by atoms with Crippen molar-refractivity contribution in [2.45, 2.75) is 18.0 Å². The summed E-state index contributed by atoms with van der Waals surface area (Å²) in [5.41, 5.74) is -0.304. The van der Waals surface area contributed by atoms with Crippen LogP contribution >= 0.6 is 0 Å². The monoisotopic (exact) mass is 522 g/mol. The number of aryl methyl sites for hydroxylation is 1. The summed E-state index contributed by atoms with van der Waals surface area (Å²) in [6.07, 6.45) is -4.02. The van der Waals surface area contributed by atoms with Crippen LogP contribution < -0.4 is 14.5 Å². The fourth-order valence-corrected chi connectivity index (χ4v) is 4.83. The van der Waals surface area contributed by atoms with E-state index < -0.39 is 43.9 Å². The minimum Gasteiger partial charge on any atom is -0.368 e. The first kappa shape index (κ1) is 25.4. The lowest BCUT2D eigenvalue weighted by Crippen LogP contribution is -2.46. The Morgan fingerprint density at radius 1 is 0.972 bits per heavy atom. The van der Waals surface area contributed by atoms with E-state index in [0.717, 1.165) is 30.5 Å². The number of piperazine rings is 1. The first-order valence-corrected chi connectivity index (χ1v) is 12.4. The molecule has 0 atom stereocenters. The predicted molar refractivity (Wildman–Crippen MR) is 126 cm³/mol. The first-order valence-electron chi connectivity index (χ1n) is 10.9. The van der Waals surface area contributed by atoms with Crippen molar-refractivity contribution in [3.05, 3.63) is 83.3 Å². The van der Waals surface area contributed by atoms with Crippen molar-refractivity contribution in [2.24, 2.45) is 0 Å². The quantitative estimate of drug-likeness (QED) is 0.511. The van der Waals surface area contributed by atoms with Gasteiger partial charge in [-0.05, 0) is 55.0 Å². The van der Waals surface area contributed by atoms with Crippen LogP contribution in [0.5, 0.6) is 0 Å². The molecule has 190 valence electrons. The van der Waals surface area contributed by atoms with Gasteiger partial charge in [0.15, 0.2) is 0 Å². The number of aromatic nitrogens is 1. The molecular formula is C24H22F4N4O3S. The maximum Gasteiger partial charge on any atom is 0.417 e. The molecule has 0 spiro atoms. The van der Waals surface area contributed by atoms with Crippen LogP contribution in [0.4, 0.5) is 29.1 Å². The number of nitrogens with one attached hydrogen (secondary N) is 1. The number of benzene rings is 2. The molecule has 0 bridgehead atoms. The summed E-state index contributed by atoms with van der Waals surface area (Å²) in [6, 6.07) is 12.2. The van der Waals surface area contributed by atoms with E-state index in [9.17, 15) is 30.8 Å². The van der Waals surface area contributed by atoms with Crippen molar-refractivity contribution >= 4 is 27.4 Å². The van der Waals surface area contributed by atoms with E-state index in [0.29, 0.717) is 31.0 Å². The molecule has 2 aromatic carbocycles. The lowest BCUT2D eigenvalue weighted by Gasteiger charge is -2.36. The second kappa shape index (κ2) is 9.76. The summed E-state index contributed by atoms with van der Waals surface area (Å²) in [5, 5.41) is 0. The third-order valence-electron chi connectivity index (χ3n) is 5.76. The third-order valence-corrected chi connectivity index (χ3v) is 7.08. The average molecular weight is 523 g/mol. The molecule has 1 fully saturated rings. The molecular weight excluding hydrogens is 500 g/mol. The SMILES string of the molecule is Cc1cccc(N2CCN(c3ccc(S(=O)(=O)NC(=O)c4ccc(F)cc4C(F)(F)F)cn3)CC2)c1. The zero-order valence-electron chi connectivity index (χ0n) is 19.1. The molecule has 3 aromatic rings. The van der Waals surface area contributed by atoms with Crippen LogP contribution in [-0.2, 0) is 16.2 Å². The highest BCUT2D eigenvalue weighted by Crippen LogP contribution is 2.32. The summed E-state index contributed by atoms with van der Waals surface area (Å²) in [6.45, 7) is 4.79. The number of rotatable bonds is 5. The lowest BCUT2D eigenvalue weighted by molar-refractivity contribution is -0.138. The molecule has 1 saturated heterocycles. The van der Waals surface area contributed by atoms with Crippen molar-refractivity contribution in [2.75, 3.05) is 36.0 Å². The normalized spacial score (nSPS) is 14.6.